The number of carbonyl (C=O) groups is 3. The van der Waals surface area contributed by atoms with E-state index in [1.54, 1.807) is 49.4 Å². The number of nitrogens with zero attached hydrogens (tertiary/aromatic N) is 1. The molecule has 0 radical (unpaired) electrons. The van der Waals surface area contributed by atoms with Gasteiger partial charge in [0.15, 0.2) is 5.75 Å². The molecule has 0 spiro atoms. The van der Waals surface area contributed by atoms with Crippen LogP contribution in [0.2, 0.25) is 5.02 Å². The predicted octanol–water partition coefficient (Wildman–Crippen LogP) is 6.25. The summed E-state index contributed by atoms with van der Waals surface area (Å²) in [5.41, 5.74) is -1.67. The molecule has 13 heteroatoms. The van der Waals surface area contributed by atoms with Crippen LogP contribution in [0.1, 0.15) is 16.7 Å². The summed E-state index contributed by atoms with van der Waals surface area (Å²) < 4.78 is 71.8. The van der Waals surface area contributed by atoms with Crippen LogP contribution in [0.25, 0.3) is 16.8 Å². The van der Waals surface area contributed by atoms with Gasteiger partial charge in [0.1, 0.15) is 10.5 Å². The van der Waals surface area contributed by atoms with E-state index >= 15 is 0 Å². The predicted molar refractivity (Wildman–Crippen MR) is 148 cm³/mol. The van der Waals surface area contributed by atoms with Crippen molar-refractivity contribution in [3.05, 3.63) is 106 Å². The van der Waals surface area contributed by atoms with E-state index in [9.17, 15) is 36.0 Å². The molecule has 0 bridgehead atoms. The van der Waals surface area contributed by atoms with Gasteiger partial charge in [0, 0.05) is 5.56 Å². The van der Waals surface area contributed by atoms with E-state index in [2.05, 4.69) is 0 Å². The van der Waals surface area contributed by atoms with Gasteiger partial charge in [-0.05, 0) is 60.2 Å². The minimum absolute atomic E-state index is 0.00766. The Hall–Kier alpha value is -4.68. The number of benzene rings is 4. The van der Waals surface area contributed by atoms with E-state index in [1.807, 2.05) is 5.32 Å². The number of urea groups is 1. The molecule has 214 valence electrons. The molecule has 4 aromatic carbocycles. The highest BCUT2D eigenvalue weighted by Gasteiger charge is 2.40. The topological polar surface area (TPSA) is 110 Å². The van der Waals surface area contributed by atoms with Crippen LogP contribution in [0.3, 0.4) is 0 Å². The van der Waals surface area contributed by atoms with Crippen molar-refractivity contribution in [3.8, 4) is 5.75 Å². The molecule has 1 N–H and O–H groups in total. The van der Waals surface area contributed by atoms with Crippen LogP contribution in [-0.4, -0.2) is 26.3 Å². The lowest BCUT2D eigenvalue weighted by Gasteiger charge is -2.27. The summed E-state index contributed by atoms with van der Waals surface area (Å²) in [7, 11) is -4.38. The zero-order valence-electron chi connectivity index (χ0n) is 21.4. The van der Waals surface area contributed by atoms with E-state index in [1.165, 1.54) is 18.2 Å². The van der Waals surface area contributed by atoms with Gasteiger partial charge in [0.2, 0.25) is 0 Å². The van der Waals surface area contributed by atoms with Gasteiger partial charge < -0.3 is 4.18 Å². The van der Waals surface area contributed by atoms with Gasteiger partial charge >= 0.3 is 22.3 Å². The molecule has 4 amide bonds. The van der Waals surface area contributed by atoms with E-state index in [0.29, 0.717) is 27.8 Å². The zero-order valence-corrected chi connectivity index (χ0v) is 23.0. The smallest absolute Gasteiger partial charge is 0.378 e. The van der Waals surface area contributed by atoms with Crippen LogP contribution < -0.4 is 14.4 Å². The second-order valence-corrected chi connectivity index (χ2v) is 11.1. The number of imide groups is 2. The monoisotopic (exact) mass is 614 g/mol. The molecule has 0 aliphatic carbocycles. The van der Waals surface area contributed by atoms with E-state index in [4.69, 9.17) is 15.8 Å². The average molecular weight is 615 g/mol. The maximum atomic E-state index is 13.5. The number of fused-ring (bicyclic) bond motifs is 1. The minimum Gasteiger partial charge on any atom is -0.378 e. The molecule has 5 rings (SSSR count). The second-order valence-electron chi connectivity index (χ2n) is 9.17. The number of barbiturate groups is 1. The molecule has 0 aromatic heterocycles. The fourth-order valence-corrected chi connectivity index (χ4v) is 5.40. The van der Waals surface area contributed by atoms with Crippen LogP contribution in [-0.2, 0) is 25.9 Å². The molecule has 0 unspecified atom stereocenters. The third-order valence-corrected chi connectivity index (χ3v) is 7.91. The zero-order chi connectivity index (χ0) is 30.4. The SMILES string of the molecule is Cc1ccc(S(=O)(=O)Oc2ccc3ccccc3c2/C=C2/C(=O)NC(=O)N(c3cc(C(F)(F)F)ccc3Cl)C2=O)cc1. The van der Waals surface area contributed by atoms with Crippen LogP contribution in [0.4, 0.5) is 23.7 Å². The van der Waals surface area contributed by atoms with Gasteiger partial charge in [-0.1, -0.05) is 59.6 Å². The quantitative estimate of drug-likeness (QED) is 0.162. The third-order valence-electron chi connectivity index (χ3n) is 6.34. The Labute approximate surface area is 242 Å². The Morgan fingerprint density at radius 2 is 1.62 bits per heavy atom. The molecular weight excluding hydrogens is 597 g/mol. The number of halogens is 4. The molecule has 4 aromatic rings. The highest BCUT2D eigenvalue weighted by atomic mass is 35.5. The Morgan fingerprint density at radius 3 is 2.31 bits per heavy atom. The lowest BCUT2D eigenvalue weighted by molar-refractivity contribution is -0.137. The number of nitrogens with one attached hydrogen (secondary N) is 1. The molecule has 1 aliphatic heterocycles. The molecule has 1 aliphatic rings. The fourth-order valence-electron chi connectivity index (χ4n) is 4.25. The second kappa shape index (κ2) is 10.6. The first-order valence-corrected chi connectivity index (χ1v) is 13.9. The molecule has 0 saturated carbocycles. The van der Waals surface area contributed by atoms with Crippen molar-refractivity contribution in [1.29, 1.82) is 0 Å². The van der Waals surface area contributed by atoms with Gasteiger partial charge in [0.25, 0.3) is 11.8 Å². The van der Waals surface area contributed by atoms with Crippen molar-refractivity contribution in [2.24, 2.45) is 0 Å². The maximum Gasteiger partial charge on any atom is 0.416 e. The fraction of sp³-hybridized carbons (Fsp3) is 0.0690. The molecule has 1 fully saturated rings. The Balaban J connectivity index is 1.65. The summed E-state index contributed by atoms with van der Waals surface area (Å²) in [5.74, 6) is -2.70. The minimum atomic E-state index is -4.82. The van der Waals surface area contributed by atoms with Gasteiger partial charge in [-0.25, -0.2) is 9.69 Å². The number of amides is 4. The standard InChI is InChI=1S/C29H18ClF3N2O6S/c1-16-6-10-19(11-7-16)42(39,40)41-25-13-8-17-4-2-3-5-20(17)21(25)15-22-26(36)34-28(38)35(27(22)37)24-14-18(29(31,32)33)9-12-23(24)30/h2-15H,1H3,(H,34,36,38)/b22-15-. The first-order valence-electron chi connectivity index (χ1n) is 12.1. The molecule has 0 atom stereocenters. The van der Waals surface area contributed by atoms with Crippen molar-refractivity contribution in [2.75, 3.05) is 4.90 Å². The van der Waals surface area contributed by atoms with Gasteiger partial charge in [-0.15, -0.1) is 0 Å². The highest BCUT2D eigenvalue weighted by Crippen LogP contribution is 2.38. The van der Waals surface area contributed by atoms with Crippen LogP contribution >= 0.6 is 11.6 Å². The van der Waals surface area contributed by atoms with Gasteiger partial charge in [0.05, 0.1) is 16.3 Å². The van der Waals surface area contributed by atoms with E-state index in [-0.39, 0.29) is 21.2 Å². The third kappa shape index (κ3) is 5.46. The average Bonchev–Trinajstić information content (AvgIpc) is 2.92. The van der Waals surface area contributed by atoms with E-state index in [0.717, 1.165) is 17.7 Å². The Kier molecular flexibility index (Phi) is 7.29. The first-order chi connectivity index (χ1) is 19.8. The number of aryl methyl sites for hydroxylation is 1. The molecule has 42 heavy (non-hydrogen) atoms. The normalized spacial score (nSPS) is 15.3. The number of anilines is 1. The molecular formula is C29H18ClF3N2O6S. The summed E-state index contributed by atoms with van der Waals surface area (Å²) in [6.07, 6.45) is -3.80. The number of hydrogen-bond acceptors (Lipinski definition) is 6. The number of alkyl halides is 3. The summed E-state index contributed by atoms with van der Waals surface area (Å²) >= 11 is 6.07. The van der Waals surface area contributed by atoms with Crippen LogP contribution in [0, 0.1) is 6.92 Å². The Bertz CT molecular complexity index is 1920. The van der Waals surface area contributed by atoms with Gasteiger partial charge in [-0.2, -0.15) is 21.6 Å². The first kappa shape index (κ1) is 28.8. The summed E-state index contributed by atoms with van der Waals surface area (Å²) in [6.45, 7) is 1.78. The van der Waals surface area contributed by atoms with Gasteiger partial charge in [-0.3, -0.25) is 14.9 Å². The van der Waals surface area contributed by atoms with Crippen molar-refractivity contribution in [2.45, 2.75) is 18.0 Å². The number of hydrogen-bond donors (Lipinski definition) is 1. The maximum absolute atomic E-state index is 13.5. The van der Waals surface area contributed by atoms with Crippen LogP contribution in [0.5, 0.6) is 5.75 Å². The summed E-state index contributed by atoms with van der Waals surface area (Å²) in [4.78, 5) is 39.2. The van der Waals surface area contributed by atoms with Crippen molar-refractivity contribution < 1.29 is 40.2 Å². The highest BCUT2D eigenvalue weighted by molar-refractivity contribution is 7.87. The lowest BCUT2D eigenvalue weighted by Crippen LogP contribution is -2.54. The lowest BCUT2D eigenvalue weighted by atomic mass is 9.99. The Morgan fingerprint density at radius 1 is 0.929 bits per heavy atom. The van der Waals surface area contributed by atoms with Crippen molar-refractivity contribution in [3.63, 3.8) is 0 Å². The van der Waals surface area contributed by atoms with Crippen molar-refractivity contribution >= 4 is 62.1 Å². The van der Waals surface area contributed by atoms with Crippen molar-refractivity contribution in [1.82, 2.24) is 5.32 Å². The number of rotatable bonds is 5. The number of carbonyl (C=O) groups excluding carboxylic acids is 3. The summed E-state index contributed by atoms with van der Waals surface area (Å²) in [5, 5.41) is 2.52. The molecule has 1 heterocycles. The summed E-state index contributed by atoms with van der Waals surface area (Å²) in [6, 6.07) is 16.1. The molecule has 8 nitrogen and oxygen atoms in total. The van der Waals surface area contributed by atoms with E-state index < -0.39 is 51.0 Å². The molecule has 1 saturated heterocycles. The van der Waals surface area contributed by atoms with Crippen LogP contribution in [0.15, 0.2) is 89.3 Å². The largest absolute Gasteiger partial charge is 0.416 e.